The minimum absolute atomic E-state index is 0.140. The first kappa shape index (κ1) is 16.6. The van der Waals surface area contributed by atoms with E-state index in [9.17, 15) is 9.59 Å². The highest BCUT2D eigenvalue weighted by Gasteiger charge is 2.31. The van der Waals surface area contributed by atoms with Crippen LogP contribution in [-0.2, 0) is 9.59 Å². The summed E-state index contributed by atoms with van der Waals surface area (Å²) in [4.78, 5) is 28.3. The maximum absolute atomic E-state index is 12.6. The van der Waals surface area contributed by atoms with Crippen molar-refractivity contribution in [3.8, 4) is 10.6 Å². The van der Waals surface area contributed by atoms with Crippen LogP contribution in [0.1, 0.15) is 32.6 Å². The smallest absolute Gasteiger partial charge is 0.247 e. The fourth-order valence-corrected chi connectivity index (χ4v) is 3.83. The molecule has 1 fully saturated rings. The average molecular weight is 343 g/mol. The summed E-state index contributed by atoms with van der Waals surface area (Å²) in [5, 5.41) is 8.63. The Morgan fingerprint density at radius 1 is 1.21 bits per heavy atom. The van der Waals surface area contributed by atoms with Gasteiger partial charge in [-0.15, -0.1) is 11.3 Å². The summed E-state index contributed by atoms with van der Waals surface area (Å²) in [5.41, 5.74) is 1.76. The van der Waals surface area contributed by atoms with Crippen molar-refractivity contribution >= 4 is 28.8 Å². The predicted octanol–water partition coefficient (Wildman–Crippen LogP) is 3.44. The summed E-state index contributed by atoms with van der Waals surface area (Å²) in [6.07, 6.45) is 5.99. The Morgan fingerprint density at radius 3 is 2.50 bits per heavy atom. The zero-order valence-electron chi connectivity index (χ0n) is 13.6. The van der Waals surface area contributed by atoms with E-state index in [1.165, 1.54) is 6.92 Å². The van der Waals surface area contributed by atoms with E-state index in [1.54, 1.807) is 17.5 Å². The second kappa shape index (κ2) is 7.57. The molecule has 0 aliphatic heterocycles. The minimum atomic E-state index is -0.455. The Bertz CT molecular complexity index is 692. The van der Waals surface area contributed by atoms with Crippen molar-refractivity contribution < 1.29 is 9.59 Å². The van der Waals surface area contributed by atoms with Crippen LogP contribution in [0.4, 0.5) is 5.69 Å². The van der Waals surface area contributed by atoms with E-state index in [-0.39, 0.29) is 17.7 Å². The van der Waals surface area contributed by atoms with Gasteiger partial charge in [-0.1, -0.05) is 12.8 Å². The molecular formula is C18H21N3O2S. The molecule has 1 unspecified atom stereocenters. The number of anilines is 1. The molecule has 0 saturated heterocycles. The number of nitrogens with one attached hydrogen (secondary N) is 2. The van der Waals surface area contributed by atoms with Gasteiger partial charge in [-0.3, -0.25) is 9.59 Å². The van der Waals surface area contributed by atoms with Crippen LogP contribution in [0.3, 0.4) is 0 Å². The van der Waals surface area contributed by atoms with E-state index in [0.29, 0.717) is 0 Å². The summed E-state index contributed by atoms with van der Waals surface area (Å²) >= 11 is 1.58. The van der Waals surface area contributed by atoms with Crippen LogP contribution in [0.2, 0.25) is 0 Å². The normalized spacial score (nSPS) is 15.9. The zero-order chi connectivity index (χ0) is 16.9. The standard InChI is InChI=1S/C18H21N3O2S/c1-12(22)20-16(13-4-2-3-5-13)17(23)21-15-8-6-14(7-9-15)18-19-10-11-24-18/h6-11,13,16H,2-5H2,1H3,(H,20,22)(H,21,23). The molecule has 1 aromatic carbocycles. The van der Waals surface area contributed by atoms with Crippen molar-refractivity contribution in [2.45, 2.75) is 38.6 Å². The quantitative estimate of drug-likeness (QED) is 0.873. The van der Waals surface area contributed by atoms with E-state index in [4.69, 9.17) is 0 Å². The van der Waals surface area contributed by atoms with Gasteiger partial charge in [0.05, 0.1) is 0 Å². The van der Waals surface area contributed by atoms with E-state index < -0.39 is 6.04 Å². The van der Waals surface area contributed by atoms with Crippen molar-refractivity contribution in [1.29, 1.82) is 0 Å². The van der Waals surface area contributed by atoms with Crippen LogP contribution >= 0.6 is 11.3 Å². The SMILES string of the molecule is CC(=O)NC(C(=O)Nc1ccc(-c2nccs2)cc1)C1CCCC1. The highest BCUT2D eigenvalue weighted by molar-refractivity contribution is 7.13. The fourth-order valence-electron chi connectivity index (χ4n) is 3.19. The number of carbonyl (C=O) groups excluding carboxylic acids is 2. The summed E-state index contributed by atoms with van der Waals surface area (Å²) in [5.74, 6) is -0.0799. The third-order valence-electron chi connectivity index (χ3n) is 4.34. The monoisotopic (exact) mass is 343 g/mol. The van der Waals surface area contributed by atoms with Crippen molar-refractivity contribution in [1.82, 2.24) is 10.3 Å². The Labute approximate surface area is 145 Å². The van der Waals surface area contributed by atoms with Crippen LogP contribution in [0, 0.1) is 5.92 Å². The second-order valence-electron chi connectivity index (χ2n) is 6.13. The van der Waals surface area contributed by atoms with Gasteiger partial charge in [0.25, 0.3) is 0 Å². The van der Waals surface area contributed by atoms with E-state index in [1.807, 2.05) is 29.6 Å². The lowest BCUT2D eigenvalue weighted by Gasteiger charge is -2.23. The molecule has 2 N–H and O–H groups in total. The van der Waals surface area contributed by atoms with Crippen LogP contribution in [-0.4, -0.2) is 22.8 Å². The maximum atomic E-state index is 12.6. The summed E-state index contributed by atoms with van der Waals surface area (Å²) in [7, 11) is 0. The van der Waals surface area contributed by atoms with Crippen molar-refractivity contribution in [3.63, 3.8) is 0 Å². The highest BCUT2D eigenvalue weighted by atomic mass is 32.1. The number of hydrogen-bond acceptors (Lipinski definition) is 4. The van der Waals surface area contributed by atoms with Gasteiger partial charge >= 0.3 is 0 Å². The van der Waals surface area contributed by atoms with Gasteiger partial charge in [-0.25, -0.2) is 4.98 Å². The first-order valence-electron chi connectivity index (χ1n) is 8.21. The molecule has 0 bridgehead atoms. The lowest BCUT2D eigenvalue weighted by molar-refractivity contribution is -0.126. The molecule has 1 aromatic heterocycles. The molecule has 0 spiro atoms. The number of benzene rings is 1. The number of amides is 2. The fraction of sp³-hybridized carbons (Fsp3) is 0.389. The molecule has 6 heteroatoms. The van der Waals surface area contributed by atoms with E-state index in [0.717, 1.165) is 41.9 Å². The molecule has 3 rings (SSSR count). The van der Waals surface area contributed by atoms with Gasteiger partial charge in [-0.05, 0) is 43.0 Å². The largest absolute Gasteiger partial charge is 0.344 e. The van der Waals surface area contributed by atoms with E-state index in [2.05, 4.69) is 15.6 Å². The Hall–Kier alpha value is -2.21. The number of aromatic nitrogens is 1. The Balaban J connectivity index is 1.68. The molecule has 2 amide bonds. The zero-order valence-corrected chi connectivity index (χ0v) is 14.4. The number of rotatable bonds is 5. The van der Waals surface area contributed by atoms with Crippen molar-refractivity contribution in [3.05, 3.63) is 35.8 Å². The molecule has 1 aliphatic rings. The molecule has 126 valence electrons. The molecule has 5 nitrogen and oxygen atoms in total. The molecule has 1 heterocycles. The molecule has 1 saturated carbocycles. The second-order valence-corrected chi connectivity index (χ2v) is 7.02. The third-order valence-corrected chi connectivity index (χ3v) is 5.17. The molecular weight excluding hydrogens is 322 g/mol. The average Bonchev–Trinajstić information content (AvgIpc) is 3.26. The Kier molecular flexibility index (Phi) is 5.25. The topological polar surface area (TPSA) is 71.1 Å². The Morgan fingerprint density at radius 2 is 1.92 bits per heavy atom. The van der Waals surface area contributed by atoms with Crippen LogP contribution < -0.4 is 10.6 Å². The molecule has 1 aliphatic carbocycles. The highest BCUT2D eigenvalue weighted by Crippen LogP contribution is 2.29. The summed E-state index contributed by atoms with van der Waals surface area (Å²) in [6, 6.07) is 7.17. The first-order chi connectivity index (χ1) is 11.6. The predicted molar refractivity (Wildman–Crippen MR) is 95.7 cm³/mol. The summed E-state index contributed by atoms with van der Waals surface area (Å²) in [6.45, 7) is 1.46. The van der Waals surface area contributed by atoms with E-state index >= 15 is 0 Å². The number of nitrogens with zero attached hydrogens (tertiary/aromatic N) is 1. The lowest BCUT2D eigenvalue weighted by atomic mass is 9.97. The van der Waals surface area contributed by atoms with Crippen LogP contribution in [0.5, 0.6) is 0 Å². The summed E-state index contributed by atoms with van der Waals surface area (Å²) < 4.78 is 0. The van der Waals surface area contributed by atoms with Gasteiger partial charge in [0.1, 0.15) is 11.0 Å². The third kappa shape index (κ3) is 4.00. The molecule has 2 aromatic rings. The molecule has 24 heavy (non-hydrogen) atoms. The molecule has 0 radical (unpaired) electrons. The number of hydrogen-bond donors (Lipinski definition) is 2. The van der Waals surface area contributed by atoms with Crippen LogP contribution in [0.25, 0.3) is 10.6 Å². The number of carbonyl (C=O) groups is 2. The van der Waals surface area contributed by atoms with Gasteiger partial charge in [0.15, 0.2) is 0 Å². The van der Waals surface area contributed by atoms with Gasteiger partial charge in [0.2, 0.25) is 11.8 Å². The van der Waals surface area contributed by atoms with Crippen molar-refractivity contribution in [2.75, 3.05) is 5.32 Å². The lowest BCUT2D eigenvalue weighted by Crippen LogP contribution is -2.47. The molecule has 1 atom stereocenters. The minimum Gasteiger partial charge on any atom is -0.344 e. The van der Waals surface area contributed by atoms with Crippen molar-refractivity contribution in [2.24, 2.45) is 5.92 Å². The van der Waals surface area contributed by atoms with Gasteiger partial charge in [0, 0.05) is 29.8 Å². The van der Waals surface area contributed by atoms with Crippen LogP contribution in [0.15, 0.2) is 35.8 Å². The first-order valence-corrected chi connectivity index (χ1v) is 9.09. The number of thiazole rings is 1. The maximum Gasteiger partial charge on any atom is 0.247 e. The van der Waals surface area contributed by atoms with Gasteiger partial charge < -0.3 is 10.6 Å². The van der Waals surface area contributed by atoms with Gasteiger partial charge in [-0.2, -0.15) is 0 Å².